The minimum atomic E-state index is 0.0833. The van der Waals surface area contributed by atoms with Crippen LogP contribution in [0.15, 0.2) is 27.1 Å². The molecule has 0 fully saturated rings. The van der Waals surface area contributed by atoms with Crippen molar-refractivity contribution < 1.29 is 0 Å². The summed E-state index contributed by atoms with van der Waals surface area (Å²) in [4.78, 5) is 0. The summed E-state index contributed by atoms with van der Waals surface area (Å²) < 4.78 is 4.13. The van der Waals surface area contributed by atoms with Gasteiger partial charge in [-0.15, -0.1) is 0 Å². The smallest absolute Gasteiger partial charge is 0.0743 e. The lowest BCUT2D eigenvalue weighted by atomic mass is 10.1. The first-order valence-corrected chi connectivity index (χ1v) is 8.53. The van der Waals surface area contributed by atoms with E-state index in [1.807, 2.05) is 11.6 Å². The second kappa shape index (κ2) is 6.23. The van der Waals surface area contributed by atoms with Gasteiger partial charge in [0.05, 0.1) is 21.5 Å². The molecule has 0 unspecified atom stereocenters. The average Bonchev–Trinajstić information content (AvgIpc) is 2.64. The highest BCUT2D eigenvalue weighted by Gasteiger charge is 2.15. The molecular formula is C16H21Br2N3. The lowest BCUT2D eigenvalue weighted by molar-refractivity contribution is 0.423. The zero-order valence-electron chi connectivity index (χ0n) is 13.1. The lowest BCUT2D eigenvalue weighted by Crippen LogP contribution is -2.35. The Morgan fingerprint density at radius 3 is 2.38 bits per heavy atom. The molecule has 1 aromatic carbocycles. The van der Waals surface area contributed by atoms with Crippen LogP contribution in [0.2, 0.25) is 0 Å². The number of halogens is 2. The molecule has 3 nitrogen and oxygen atoms in total. The molecule has 0 aliphatic rings. The quantitative estimate of drug-likeness (QED) is 0.773. The van der Waals surface area contributed by atoms with Crippen LogP contribution in [0.25, 0.3) is 5.69 Å². The monoisotopic (exact) mass is 413 g/mol. The molecule has 0 aliphatic heterocycles. The SMILES string of the molecule is Cc1nn(-c2cc(Br)ccc2CNC(C)(C)C)c(C)c1Br. The molecule has 0 saturated carbocycles. The van der Waals surface area contributed by atoms with E-state index in [-0.39, 0.29) is 5.54 Å². The fraction of sp³-hybridized carbons (Fsp3) is 0.438. The summed E-state index contributed by atoms with van der Waals surface area (Å²) in [5, 5.41) is 8.19. The molecule has 0 saturated heterocycles. The normalized spacial score (nSPS) is 12.0. The summed E-state index contributed by atoms with van der Waals surface area (Å²) in [5.41, 5.74) is 4.53. The van der Waals surface area contributed by atoms with E-state index in [9.17, 15) is 0 Å². The van der Waals surface area contributed by atoms with E-state index in [1.165, 1.54) is 5.56 Å². The van der Waals surface area contributed by atoms with Gasteiger partial charge in [0.2, 0.25) is 0 Å². The van der Waals surface area contributed by atoms with Gasteiger partial charge in [-0.2, -0.15) is 5.10 Å². The molecule has 1 heterocycles. The van der Waals surface area contributed by atoms with Gasteiger partial charge in [0.1, 0.15) is 0 Å². The number of benzene rings is 1. The first-order valence-electron chi connectivity index (χ1n) is 6.94. The molecule has 114 valence electrons. The molecule has 21 heavy (non-hydrogen) atoms. The van der Waals surface area contributed by atoms with Gasteiger partial charge in [-0.1, -0.05) is 22.0 Å². The van der Waals surface area contributed by atoms with E-state index < -0.39 is 0 Å². The van der Waals surface area contributed by atoms with Crippen molar-refractivity contribution in [3.63, 3.8) is 0 Å². The Hall–Kier alpha value is -0.650. The minimum absolute atomic E-state index is 0.0833. The van der Waals surface area contributed by atoms with Gasteiger partial charge in [0.15, 0.2) is 0 Å². The summed E-state index contributed by atoms with van der Waals surface area (Å²) in [6.45, 7) is 11.4. The van der Waals surface area contributed by atoms with Gasteiger partial charge in [-0.05, 0) is 68.2 Å². The number of aromatic nitrogens is 2. The van der Waals surface area contributed by atoms with Gasteiger partial charge in [-0.25, -0.2) is 4.68 Å². The molecule has 0 radical (unpaired) electrons. The molecular weight excluding hydrogens is 394 g/mol. The number of hydrogen-bond donors (Lipinski definition) is 1. The van der Waals surface area contributed by atoms with Crippen LogP contribution in [-0.4, -0.2) is 15.3 Å². The molecule has 2 rings (SSSR count). The molecule has 0 atom stereocenters. The van der Waals surface area contributed by atoms with Gasteiger partial charge in [0.25, 0.3) is 0 Å². The van der Waals surface area contributed by atoms with E-state index in [2.05, 4.69) is 88.2 Å². The maximum atomic E-state index is 4.65. The van der Waals surface area contributed by atoms with Gasteiger partial charge in [0, 0.05) is 16.6 Å². The van der Waals surface area contributed by atoms with Crippen molar-refractivity contribution in [1.29, 1.82) is 0 Å². The predicted molar refractivity (Wildman–Crippen MR) is 95.0 cm³/mol. The van der Waals surface area contributed by atoms with Crippen molar-refractivity contribution in [2.45, 2.75) is 46.7 Å². The number of nitrogens with one attached hydrogen (secondary N) is 1. The van der Waals surface area contributed by atoms with Crippen LogP contribution in [0.3, 0.4) is 0 Å². The van der Waals surface area contributed by atoms with E-state index in [1.54, 1.807) is 0 Å². The van der Waals surface area contributed by atoms with Crippen LogP contribution >= 0.6 is 31.9 Å². The molecule has 1 aromatic heterocycles. The zero-order valence-corrected chi connectivity index (χ0v) is 16.3. The predicted octanol–water partition coefficient (Wildman–Crippen LogP) is 4.90. The Morgan fingerprint density at radius 2 is 1.86 bits per heavy atom. The third-order valence-electron chi connectivity index (χ3n) is 3.29. The standard InChI is InChI=1S/C16H21Br2N3/c1-10-15(18)11(2)21(20-10)14-8-13(17)7-6-12(14)9-19-16(3,4)5/h6-8,19H,9H2,1-5H3. The number of hydrogen-bond acceptors (Lipinski definition) is 2. The highest BCUT2D eigenvalue weighted by atomic mass is 79.9. The topological polar surface area (TPSA) is 29.9 Å². The Balaban J connectivity index is 2.46. The fourth-order valence-corrected chi connectivity index (χ4v) is 2.70. The van der Waals surface area contributed by atoms with Gasteiger partial charge >= 0.3 is 0 Å². The van der Waals surface area contributed by atoms with E-state index >= 15 is 0 Å². The Labute approximate surface area is 143 Å². The highest BCUT2D eigenvalue weighted by Crippen LogP contribution is 2.27. The number of rotatable bonds is 3. The first-order chi connectivity index (χ1) is 9.69. The molecule has 0 bridgehead atoms. The number of nitrogens with zero attached hydrogens (tertiary/aromatic N) is 2. The summed E-state index contributed by atoms with van der Waals surface area (Å²) in [6, 6.07) is 6.33. The third-order valence-corrected chi connectivity index (χ3v) is 4.93. The van der Waals surface area contributed by atoms with Crippen LogP contribution in [0, 0.1) is 13.8 Å². The zero-order chi connectivity index (χ0) is 15.8. The largest absolute Gasteiger partial charge is 0.308 e. The fourth-order valence-electron chi connectivity index (χ4n) is 2.10. The Bertz CT molecular complexity index is 654. The molecule has 0 spiro atoms. The average molecular weight is 415 g/mol. The second-order valence-corrected chi connectivity index (χ2v) is 7.98. The highest BCUT2D eigenvalue weighted by molar-refractivity contribution is 9.10. The van der Waals surface area contributed by atoms with Crippen LogP contribution in [0.5, 0.6) is 0 Å². The summed E-state index contributed by atoms with van der Waals surface area (Å²) in [6.07, 6.45) is 0. The second-order valence-electron chi connectivity index (χ2n) is 6.27. The maximum absolute atomic E-state index is 4.65. The van der Waals surface area contributed by atoms with E-state index in [0.717, 1.165) is 32.6 Å². The maximum Gasteiger partial charge on any atom is 0.0743 e. The first kappa shape index (κ1) is 16.7. The van der Waals surface area contributed by atoms with Gasteiger partial charge < -0.3 is 5.32 Å². The van der Waals surface area contributed by atoms with Crippen molar-refractivity contribution in [1.82, 2.24) is 15.1 Å². The summed E-state index contributed by atoms with van der Waals surface area (Å²) in [7, 11) is 0. The van der Waals surface area contributed by atoms with Crippen molar-refractivity contribution in [3.8, 4) is 5.69 Å². The number of aryl methyl sites for hydroxylation is 1. The minimum Gasteiger partial charge on any atom is -0.308 e. The molecule has 5 heteroatoms. The Kier molecular flexibility index (Phi) is 4.96. The molecule has 0 amide bonds. The molecule has 2 aromatic rings. The van der Waals surface area contributed by atoms with Crippen LogP contribution in [0.4, 0.5) is 0 Å². The van der Waals surface area contributed by atoms with Crippen LogP contribution in [-0.2, 0) is 6.54 Å². The molecule has 0 aliphatic carbocycles. The summed E-state index contributed by atoms with van der Waals surface area (Å²) >= 11 is 7.16. The van der Waals surface area contributed by atoms with Crippen molar-refractivity contribution in [3.05, 3.63) is 44.1 Å². The van der Waals surface area contributed by atoms with Crippen LogP contribution < -0.4 is 5.32 Å². The van der Waals surface area contributed by atoms with Crippen molar-refractivity contribution >= 4 is 31.9 Å². The Morgan fingerprint density at radius 1 is 1.19 bits per heavy atom. The van der Waals surface area contributed by atoms with E-state index in [4.69, 9.17) is 0 Å². The molecule has 1 N–H and O–H groups in total. The van der Waals surface area contributed by atoms with Crippen molar-refractivity contribution in [2.75, 3.05) is 0 Å². The van der Waals surface area contributed by atoms with Crippen LogP contribution in [0.1, 0.15) is 37.7 Å². The lowest BCUT2D eigenvalue weighted by Gasteiger charge is -2.22. The third kappa shape index (κ3) is 3.96. The van der Waals surface area contributed by atoms with E-state index in [0.29, 0.717) is 0 Å². The van der Waals surface area contributed by atoms with Gasteiger partial charge in [-0.3, -0.25) is 0 Å². The summed E-state index contributed by atoms with van der Waals surface area (Å²) in [5.74, 6) is 0. The van der Waals surface area contributed by atoms with Crippen molar-refractivity contribution in [2.24, 2.45) is 0 Å².